The number of allylic oxidation sites excluding steroid dienone is 1. The summed E-state index contributed by atoms with van der Waals surface area (Å²) in [7, 11) is 0. The number of amides is 1. The Bertz CT molecular complexity index is 975. The molecule has 0 atom stereocenters. The van der Waals surface area contributed by atoms with E-state index < -0.39 is 5.97 Å². The van der Waals surface area contributed by atoms with Crippen molar-refractivity contribution >= 4 is 40.4 Å². The molecular weight excluding hydrogens is 364 g/mol. The number of aromatic nitrogens is 1. The molecule has 0 bridgehead atoms. The molecule has 2 heterocycles. The lowest BCUT2D eigenvalue weighted by molar-refractivity contribution is -0.137. The van der Waals surface area contributed by atoms with Gasteiger partial charge in [-0.05, 0) is 39.8 Å². The quantitative estimate of drug-likeness (QED) is 0.791. The summed E-state index contributed by atoms with van der Waals surface area (Å²) in [6.07, 6.45) is 0. The van der Waals surface area contributed by atoms with Gasteiger partial charge in [0.2, 0.25) is 0 Å². The topological polar surface area (TPSA) is 92.7 Å². The first-order chi connectivity index (χ1) is 12.9. The van der Waals surface area contributed by atoms with E-state index in [2.05, 4.69) is 20.6 Å². The lowest BCUT2D eigenvalue weighted by Crippen LogP contribution is -2.35. The number of benzene rings is 1. The summed E-state index contributed by atoms with van der Waals surface area (Å²) in [4.78, 5) is 34.6. The molecule has 0 aliphatic carbocycles. The first kappa shape index (κ1) is 18.8. The van der Waals surface area contributed by atoms with E-state index in [9.17, 15) is 9.59 Å². The molecule has 0 unspecified atom stereocenters. The summed E-state index contributed by atoms with van der Waals surface area (Å²) in [5.74, 6) is -0.753. The summed E-state index contributed by atoms with van der Waals surface area (Å²) >= 11 is 1.30. The minimum Gasteiger partial charge on any atom is -0.462 e. The number of nitrogens with one attached hydrogen (secondary N) is 2. The second-order valence-electron chi connectivity index (χ2n) is 5.92. The molecule has 1 aromatic carbocycles. The number of hydrogen-bond donors (Lipinski definition) is 2. The van der Waals surface area contributed by atoms with Crippen molar-refractivity contribution in [3.05, 3.63) is 51.1 Å². The number of aryl methyl sites for hydroxylation is 2. The fourth-order valence-corrected chi connectivity index (χ4v) is 3.56. The van der Waals surface area contributed by atoms with Crippen LogP contribution in [0.2, 0.25) is 0 Å². The van der Waals surface area contributed by atoms with E-state index in [0.29, 0.717) is 22.0 Å². The zero-order valence-corrected chi connectivity index (χ0v) is 16.4. The second kappa shape index (κ2) is 7.71. The molecule has 27 heavy (non-hydrogen) atoms. The Hall–Kier alpha value is -3.00. The van der Waals surface area contributed by atoms with Gasteiger partial charge < -0.3 is 15.4 Å². The van der Waals surface area contributed by atoms with Gasteiger partial charge in [-0.25, -0.2) is 14.8 Å². The Morgan fingerprint density at radius 3 is 2.63 bits per heavy atom. The molecule has 0 spiro atoms. The Labute approximate surface area is 161 Å². The summed E-state index contributed by atoms with van der Waals surface area (Å²) in [6.45, 7) is 7.31. The van der Waals surface area contributed by atoms with Crippen molar-refractivity contribution < 1.29 is 14.3 Å². The molecule has 0 fully saturated rings. The number of para-hydroxylation sites is 2. The molecule has 1 amide bonds. The van der Waals surface area contributed by atoms with Crippen LogP contribution in [0.1, 0.15) is 34.2 Å². The molecule has 3 rings (SSSR count). The van der Waals surface area contributed by atoms with Gasteiger partial charge in [-0.3, -0.25) is 4.79 Å². The third-order valence-electron chi connectivity index (χ3n) is 3.89. The first-order valence-corrected chi connectivity index (χ1v) is 9.30. The standard InChI is InChI=1S/C19H20N4O3S/c1-5-26-19(25)15-10(2)21-13-8-6-7-9-14(13)22-17(15)23-18(24)16-11(3)20-12(4)27-16/h6-9,21H,5H2,1-4H3,(H,22,23,24). The number of hydrogen-bond acceptors (Lipinski definition) is 7. The van der Waals surface area contributed by atoms with Crippen LogP contribution in [0.3, 0.4) is 0 Å². The van der Waals surface area contributed by atoms with E-state index in [0.717, 1.165) is 10.7 Å². The number of rotatable bonds is 3. The molecule has 1 aliphatic rings. The number of aliphatic imine (C=N–C) groups is 1. The van der Waals surface area contributed by atoms with Crippen LogP contribution in [0.25, 0.3) is 0 Å². The number of amidine groups is 1. The van der Waals surface area contributed by atoms with E-state index >= 15 is 0 Å². The highest BCUT2D eigenvalue weighted by Gasteiger charge is 2.27. The molecular formula is C19H20N4O3S. The van der Waals surface area contributed by atoms with Gasteiger partial charge in [0.1, 0.15) is 16.3 Å². The molecule has 0 radical (unpaired) electrons. The highest BCUT2D eigenvalue weighted by molar-refractivity contribution is 7.13. The average molecular weight is 384 g/mol. The van der Waals surface area contributed by atoms with Crippen LogP contribution < -0.4 is 10.6 Å². The SMILES string of the molecule is CCOC(=O)C1=C(C)Nc2ccccc2N=C1NC(=O)c1sc(C)nc1C. The molecule has 2 aromatic rings. The Balaban J connectivity index is 2.05. The Morgan fingerprint density at radius 1 is 1.22 bits per heavy atom. The fraction of sp³-hybridized carbons (Fsp3) is 0.263. The van der Waals surface area contributed by atoms with Gasteiger partial charge in [0.15, 0.2) is 0 Å². The smallest absolute Gasteiger partial charge is 0.343 e. The highest BCUT2D eigenvalue weighted by atomic mass is 32.1. The summed E-state index contributed by atoms with van der Waals surface area (Å²) in [5, 5.41) is 6.74. The zero-order chi connectivity index (χ0) is 19.6. The van der Waals surface area contributed by atoms with Crippen molar-refractivity contribution in [3.8, 4) is 0 Å². The molecule has 0 saturated carbocycles. The molecule has 1 aromatic heterocycles. The van der Waals surface area contributed by atoms with Crippen LogP contribution >= 0.6 is 11.3 Å². The summed E-state index contributed by atoms with van der Waals surface area (Å²) in [5.41, 5.74) is 2.74. The Morgan fingerprint density at radius 2 is 1.96 bits per heavy atom. The molecule has 140 valence electrons. The summed E-state index contributed by atoms with van der Waals surface area (Å²) in [6, 6.07) is 7.36. The molecule has 1 aliphatic heterocycles. The monoisotopic (exact) mass is 384 g/mol. The van der Waals surface area contributed by atoms with Gasteiger partial charge in [0.05, 0.1) is 28.7 Å². The van der Waals surface area contributed by atoms with Crippen molar-refractivity contribution in [2.24, 2.45) is 4.99 Å². The largest absolute Gasteiger partial charge is 0.462 e. The van der Waals surface area contributed by atoms with Gasteiger partial charge in [0.25, 0.3) is 5.91 Å². The van der Waals surface area contributed by atoms with Crippen molar-refractivity contribution in [1.82, 2.24) is 10.3 Å². The lowest BCUT2D eigenvalue weighted by Gasteiger charge is -2.13. The minimum absolute atomic E-state index is 0.152. The van der Waals surface area contributed by atoms with E-state index in [4.69, 9.17) is 4.74 Å². The molecule has 7 nitrogen and oxygen atoms in total. The maximum Gasteiger partial charge on any atom is 0.343 e. The number of ether oxygens (including phenoxy) is 1. The van der Waals surface area contributed by atoms with Crippen LogP contribution in [0, 0.1) is 13.8 Å². The maximum atomic E-state index is 12.8. The van der Waals surface area contributed by atoms with Gasteiger partial charge in [-0.2, -0.15) is 0 Å². The van der Waals surface area contributed by atoms with Crippen molar-refractivity contribution in [2.75, 3.05) is 11.9 Å². The predicted octanol–water partition coefficient (Wildman–Crippen LogP) is 3.48. The van der Waals surface area contributed by atoms with Crippen LogP contribution in [0.5, 0.6) is 0 Å². The number of fused-ring (bicyclic) bond motifs is 1. The van der Waals surface area contributed by atoms with Gasteiger partial charge in [-0.1, -0.05) is 12.1 Å². The Kier molecular flexibility index (Phi) is 5.36. The number of anilines is 1. The third-order valence-corrected chi connectivity index (χ3v) is 4.96. The normalized spacial score (nSPS) is 13.3. The van der Waals surface area contributed by atoms with E-state index in [1.54, 1.807) is 26.8 Å². The minimum atomic E-state index is -0.549. The second-order valence-corrected chi connectivity index (χ2v) is 7.13. The van der Waals surface area contributed by atoms with Crippen LogP contribution in [-0.2, 0) is 9.53 Å². The predicted molar refractivity (Wildman–Crippen MR) is 106 cm³/mol. The fourth-order valence-electron chi connectivity index (χ4n) is 2.75. The van der Waals surface area contributed by atoms with E-state index in [1.807, 2.05) is 25.1 Å². The number of esters is 1. The van der Waals surface area contributed by atoms with Gasteiger partial charge >= 0.3 is 5.97 Å². The van der Waals surface area contributed by atoms with Crippen molar-refractivity contribution in [1.29, 1.82) is 0 Å². The molecule has 0 saturated heterocycles. The number of nitrogens with zero attached hydrogens (tertiary/aromatic N) is 2. The number of carbonyl (C=O) groups excluding carboxylic acids is 2. The van der Waals surface area contributed by atoms with Crippen LogP contribution in [0.15, 0.2) is 40.5 Å². The first-order valence-electron chi connectivity index (χ1n) is 8.49. The highest BCUT2D eigenvalue weighted by Crippen LogP contribution is 2.30. The maximum absolute atomic E-state index is 12.8. The van der Waals surface area contributed by atoms with E-state index in [1.165, 1.54) is 11.3 Å². The van der Waals surface area contributed by atoms with Gasteiger partial charge in [-0.15, -0.1) is 11.3 Å². The van der Waals surface area contributed by atoms with Crippen LogP contribution in [0.4, 0.5) is 11.4 Å². The molecule has 2 N–H and O–H groups in total. The number of thiazole rings is 1. The van der Waals surface area contributed by atoms with Crippen molar-refractivity contribution in [3.63, 3.8) is 0 Å². The van der Waals surface area contributed by atoms with Gasteiger partial charge in [0, 0.05) is 5.70 Å². The average Bonchev–Trinajstić information content (AvgIpc) is 2.87. The summed E-state index contributed by atoms with van der Waals surface area (Å²) < 4.78 is 5.17. The molecule has 8 heteroatoms. The lowest BCUT2D eigenvalue weighted by atomic mass is 10.2. The zero-order valence-electron chi connectivity index (χ0n) is 15.5. The number of carbonyl (C=O) groups is 2. The van der Waals surface area contributed by atoms with Crippen LogP contribution in [-0.4, -0.2) is 29.3 Å². The third kappa shape index (κ3) is 3.90. The van der Waals surface area contributed by atoms with E-state index in [-0.39, 0.29) is 23.9 Å². The van der Waals surface area contributed by atoms with Crippen molar-refractivity contribution in [2.45, 2.75) is 27.7 Å².